The number of amides is 2. The summed E-state index contributed by atoms with van der Waals surface area (Å²) < 4.78 is 7.59. The molecule has 0 fully saturated rings. The van der Waals surface area contributed by atoms with E-state index in [0.717, 1.165) is 45.7 Å². The number of anilines is 1. The van der Waals surface area contributed by atoms with Gasteiger partial charge in [0.1, 0.15) is 5.69 Å². The van der Waals surface area contributed by atoms with E-state index >= 15 is 0 Å². The predicted molar refractivity (Wildman–Crippen MR) is 191 cm³/mol. The number of nitrogens with one attached hydrogen (secondary N) is 3. The number of ether oxygens (including phenoxy) is 1. The number of fused-ring (bicyclic) bond motifs is 5. The molecule has 10 heteroatoms. The van der Waals surface area contributed by atoms with Gasteiger partial charge in [0, 0.05) is 47.3 Å². The fourth-order valence-electron chi connectivity index (χ4n) is 5.66. The zero-order chi connectivity index (χ0) is 34.3. The number of hydrogen-bond donors (Lipinski definition) is 3. The number of carbonyl (C=O) groups is 2. The number of para-hydroxylation sites is 1. The maximum Gasteiger partial charge on any atom is 0.251 e. The van der Waals surface area contributed by atoms with Crippen molar-refractivity contribution in [2.75, 3.05) is 38.8 Å². The minimum Gasteiger partial charge on any atom is -0.380 e. The van der Waals surface area contributed by atoms with Crippen molar-refractivity contribution < 1.29 is 14.3 Å². The Balaban J connectivity index is 1.35. The lowest BCUT2D eigenvalue weighted by Crippen LogP contribution is -2.39. The first kappa shape index (κ1) is 34.9. The predicted octanol–water partition coefficient (Wildman–Crippen LogP) is 5.42. The second-order valence-electron chi connectivity index (χ2n) is 13.7. The van der Waals surface area contributed by atoms with Crippen molar-refractivity contribution in [1.29, 1.82) is 0 Å². The molecule has 2 heterocycles. The lowest BCUT2D eigenvalue weighted by Gasteiger charge is -2.30. The Labute approximate surface area is 284 Å². The van der Waals surface area contributed by atoms with Crippen LogP contribution >= 0.6 is 0 Å². The van der Waals surface area contributed by atoms with Crippen LogP contribution in [0, 0.1) is 0 Å². The highest BCUT2D eigenvalue weighted by Crippen LogP contribution is 2.41. The summed E-state index contributed by atoms with van der Waals surface area (Å²) in [5.41, 5.74) is 6.79. The second kappa shape index (κ2) is 15.2. The Hall–Kier alpha value is -4.38. The molecule has 0 spiro atoms. The maximum atomic E-state index is 13.9. The highest BCUT2D eigenvalue weighted by atomic mass is 16.5. The summed E-state index contributed by atoms with van der Waals surface area (Å²) in [7, 11) is 3.87. The van der Waals surface area contributed by atoms with Crippen LogP contribution in [-0.2, 0) is 22.6 Å². The quantitative estimate of drug-likeness (QED) is 0.156. The average molecular weight is 652 g/mol. The van der Waals surface area contributed by atoms with Gasteiger partial charge in [-0.25, -0.2) is 4.68 Å². The molecule has 0 bridgehead atoms. The second-order valence-corrected chi connectivity index (χ2v) is 13.7. The van der Waals surface area contributed by atoms with Gasteiger partial charge in [0.25, 0.3) is 5.91 Å². The van der Waals surface area contributed by atoms with Crippen LogP contribution in [-0.4, -0.2) is 71.7 Å². The smallest absolute Gasteiger partial charge is 0.251 e. The van der Waals surface area contributed by atoms with Crippen LogP contribution in [0.5, 0.6) is 0 Å². The number of hydrogen-bond acceptors (Lipinski definition) is 7. The van der Waals surface area contributed by atoms with Gasteiger partial charge in [0.05, 0.1) is 31.1 Å². The molecule has 0 radical (unpaired) electrons. The summed E-state index contributed by atoms with van der Waals surface area (Å²) in [4.78, 5) is 28.6. The van der Waals surface area contributed by atoms with Gasteiger partial charge in [-0.1, -0.05) is 59.8 Å². The van der Waals surface area contributed by atoms with Gasteiger partial charge in [-0.2, -0.15) is 0 Å². The minimum absolute atomic E-state index is 0.0198. The number of aromatic nitrogens is 3. The summed E-state index contributed by atoms with van der Waals surface area (Å²) in [5.74, 6) is -0.0683. The Morgan fingerprint density at radius 1 is 0.833 bits per heavy atom. The molecule has 0 aliphatic carbocycles. The minimum atomic E-state index is -0.153. The fourth-order valence-corrected chi connectivity index (χ4v) is 5.66. The molecule has 0 unspecified atom stereocenters. The van der Waals surface area contributed by atoms with Crippen molar-refractivity contribution in [1.82, 2.24) is 30.9 Å². The molecule has 0 saturated heterocycles. The van der Waals surface area contributed by atoms with Gasteiger partial charge in [-0.15, -0.1) is 5.10 Å². The average Bonchev–Trinajstić information content (AvgIpc) is 3.49. The van der Waals surface area contributed by atoms with Crippen molar-refractivity contribution in [3.63, 3.8) is 0 Å². The zero-order valence-corrected chi connectivity index (χ0v) is 29.1. The van der Waals surface area contributed by atoms with E-state index in [1.807, 2.05) is 84.3 Å². The van der Waals surface area contributed by atoms with Gasteiger partial charge >= 0.3 is 0 Å². The zero-order valence-electron chi connectivity index (χ0n) is 29.1. The van der Waals surface area contributed by atoms with E-state index in [4.69, 9.17) is 4.74 Å². The molecule has 0 atom stereocenters. The van der Waals surface area contributed by atoms with Crippen molar-refractivity contribution in [3.8, 4) is 22.5 Å². The molecule has 3 N–H and O–H groups in total. The SMILES string of the molecule is CNC(C)(C)CCOCCNC(=O)c1ccc(Cn2nnc3c2-c2ccccc2N(C(=O)CCC(C)(C)NC)Cc2ccccc2-3)cc1. The summed E-state index contributed by atoms with van der Waals surface area (Å²) in [6.07, 6.45) is 2.01. The van der Waals surface area contributed by atoms with E-state index < -0.39 is 0 Å². The van der Waals surface area contributed by atoms with Crippen LogP contribution in [0.4, 0.5) is 5.69 Å². The lowest BCUT2D eigenvalue weighted by atomic mass is 9.94. The molecule has 48 heavy (non-hydrogen) atoms. The van der Waals surface area contributed by atoms with Crippen molar-refractivity contribution in [2.45, 2.75) is 71.1 Å². The van der Waals surface area contributed by atoms with Gasteiger partial charge in [-0.3, -0.25) is 9.59 Å². The molecule has 2 amide bonds. The van der Waals surface area contributed by atoms with Gasteiger partial charge in [-0.05, 0) is 84.0 Å². The molecular formula is C38H49N7O3. The monoisotopic (exact) mass is 651 g/mol. The molecule has 4 aromatic rings. The van der Waals surface area contributed by atoms with Gasteiger partial charge < -0.3 is 25.6 Å². The lowest BCUT2D eigenvalue weighted by molar-refractivity contribution is -0.119. The summed E-state index contributed by atoms with van der Waals surface area (Å²) >= 11 is 0. The van der Waals surface area contributed by atoms with E-state index in [1.54, 1.807) is 0 Å². The Morgan fingerprint density at radius 2 is 1.50 bits per heavy atom. The summed E-state index contributed by atoms with van der Waals surface area (Å²) in [6, 6.07) is 23.7. The fraction of sp³-hybridized carbons (Fsp3) is 0.421. The Bertz CT molecular complexity index is 1710. The third-order valence-corrected chi connectivity index (χ3v) is 9.36. The van der Waals surface area contributed by atoms with E-state index in [0.29, 0.717) is 51.3 Å². The van der Waals surface area contributed by atoms with Crippen LogP contribution < -0.4 is 20.9 Å². The van der Waals surface area contributed by atoms with E-state index in [9.17, 15) is 9.59 Å². The van der Waals surface area contributed by atoms with Crippen LogP contribution in [0.3, 0.4) is 0 Å². The van der Waals surface area contributed by atoms with E-state index in [1.165, 1.54) is 0 Å². The highest BCUT2D eigenvalue weighted by Gasteiger charge is 2.30. The number of carbonyl (C=O) groups excluding carboxylic acids is 2. The molecule has 1 aromatic heterocycles. The Kier molecular flexibility index (Phi) is 11.1. The molecule has 3 aromatic carbocycles. The highest BCUT2D eigenvalue weighted by molar-refractivity contribution is 6.00. The summed E-state index contributed by atoms with van der Waals surface area (Å²) in [5, 5.41) is 18.8. The normalized spacial score (nSPS) is 12.8. The third-order valence-electron chi connectivity index (χ3n) is 9.36. The molecule has 254 valence electrons. The van der Waals surface area contributed by atoms with Crippen LogP contribution in [0.1, 0.15) is 68.4 Å². The van der Waals surface area contributed by atoms with Gasteiger partial charge in [0.15, 0.2) is 0 Å². The van der Waals surface area contributed by atoms with Crippen molar-refractivity contribution in [2.24, 2.45) is 0 Å². The molecule has 5 rings (SSSR count). The topological polar surface area (TPSA) is 113 Å². The summed E-state index contributed by atoms with van der Waals surface area (Å²) in [6.45, 7) is 10.9. The number of rotatable bonds is 14. The molecule has 10 nitrogen and oxygen atoms in total. The van der Waals surface area contributed by atoms with Crippen LogP contribution in [0.15, 0.2) is 72.8 Å². The first-order valence-electron chi connectivity index (χ1n) is 16.8. The third kappa shape index (κ3) is 8.36. The standard InChI is InChI=1S/C38H49N7O3/c1-37(2,39-5)20-19-33(46)44-26-29-11-7-8-12-30(29)34-35(31-13-9-10-14-32(31)44)45(43-42-34)25-27-15-17-28(18-16-27)36(47)41-22-24-48-23-21-38(3,4)40-6/h7-18,39-40H,19-26H2,1-6H3,(H,41,47). The molecular weight excluding hydrogens is 602 g/mol. The van der Waals surface area contributed by atoms with Crippen molar-refractivity contribution in [3.05, 3.63) is 89.5 Å². The maximum absolute atomic E-state index is 13.9. The number of nitrogens with zero attached hydrogens (tertiary/aromatic N) is 4. The number of benzene rings is 3. The van der Waals surface area contributed by atoms with Crippen molar-refractivity contribution >= 4 is 17.5 Å². The Morgan fingerprint density at radius 3 is 2.23 bits per heavy atom. The van der Waals surface area contributed by atoms with Crippen LogP contribution in [0.2, 0.25) is 0 Å². The molecule has 1 aliphatic rings. The van der Waals surface area contributed by atoms with Gasteiger partial charge in [0.2, 0.25) is 5.91 Å². The molecule has 1 aliphatic heterocycles. The largest absolute Gasteiger partial charge is 0.380 e. The first-order chi connectivity index (χ1) is 23.0. The van der Waals surface area contributed by atoms with E-state index in [-0.39, 0.29) is 22.9 Å². The van der Waals surface area contributed by atoms with Crippen LogP contribution in [0.25, 0.3) is 22.5 Å². The van der Waals surface area contributed by atoms with E-state index in [2.05, 4.69) is 66.1 Å². The first-order valence-corrected chi connectivity index (χ1v) is 16.8. The molecule has 0 saturated carbocycles.